The van der Waals surface area contributed by atoms with Gasteiger partial charge in [0.05, 0.1) is 11.4 Å². The molecule has 3 rings (SSSR count). The van der Waals surface area contributed by atoms with Crippen LogP contribution in [-0.4, -0.2) is 14.8 Å². The van der Waals surface area contributed by atoms with E-state index in [1.165, 1.54) is 5.56 Å². The van der Waals surface area contributed by atoms with Gasteiger partial charge in [0.2, 0.25) is 0 Å². The van der Waals surface area contributed by atoms with Crippen molar-refractivity contribution in [2.24, 2.45) is 0 Å². The van der Waals surface area contributed by atoms with Crippen LogP contribution in [0.1, 0.15) is 11.3 Å². The highest BCUT2D eigenvalue weighted by Crippen LogP contribution is 2.20. The standard InChI is InChI=1S/C16H15N3/c1-12-5-7-15(8-6-12)19-13(2)10-16(18-19)14-4-3-9-17-11-14/h3-11H,1-2H3. The van der Waals surface area contributed by atoms with Crippen molar-refractivity contribution in [3.8, 4) is 16.9 Å². The quantitative estimate of drug-likeness (QED) is 0.695. The monoisotopic (exact) mass is 249 g/mol. The van der Waals surface area contributed by atoms with Gasteiger partial charge in [-0.05, 0) is 44.2 Å². The summed E-state index contributed by atoms with van der Waals surface area (Å²) in [5, 5.41) is 4.66. The molecule has 0 saturated heterocycles. The lowest BCUT2D eigenvalue weighted by Crippen LogP contribution is -1.98. The summed E-state index contributed by atoms with van der Waals surface area (Å²) in [6.45, 7) is 4.15. The van der Waals surface area contributed by atoms with E-state index in [1.54, 1.807) is 6.20 Å². The molecule has 0 atom stereocenters. The molecule has 0 amide bonds. The second-order valence-corrected chi connectivity index (χ2v) is 4.66. The Morgan fingerprint density at radius 2 is 1.79 bits per heavy atom. The molecular formula is C16H15N3. The van der Waals surface area contributed by atoms with Gasteiger partial charge in [0, 0.05) is 23.7 Å². The first kappa shape index (κ1) is 11.7. The molecule has 0 aliphatic heterocycles. The number of benzene rings is 1. The second-order valence-electron chi connectivity index (χ2n) is 4.66. The minimum atomic E-state index is 0.950. The number of hydrogen-bond donors (Lipinski definition) is 0. The molecule has 0 aliphatic rings. The molecule has 0 spiro atoms. The maximum atomic E-state index is 4.66. The zero-order valence-corrected chi connectivity index (χ0v) is 11.0. The van der Waals surface area contributed by atoms with Gasteiger partial charge in [-0.2, -0.15) is 5.10 Å². The molecule has 0 saturated carbocycles. The minimum absolute atomic E-state index is 0.950. The third-order valence-electron chi connectivity index (χ3n) is 3.12. The third-order valence-corrected chi connectivity index (χ3v) is 3.12. The summed E-state index contributed by atoms with van der Waals surface area (Å²) in [5.74, 6) is 0. The average Bonchev–Trinajstić information content (AvgIpc) is 2.83. The van der Waals surface area contributed by atoms with Gasteiger partial charge in [-0.3, -0.25) is 4.98 Å². The molecule has 0 fully saturated rings. The van der Waals surface area contributed by atoms with Gasteiger partial charge < -0.3 is 0 Å². The third kappa shape index (κ3) is 2.27. The average molecular weight is 249 g/mol. The van der Waals surface area contributed by atoms with E-state index < -0.39 is 0 Å². The van der Waals surface area contributed by atoms with E-state index in [0.717, 1.165) is 22.6 Å². The second kappa shape index (κ2) is 4.69. The number of aromatic nitrogens is 3. The minimum Gasteiger partial charge on any atom is -0.264 e. The first-order chi connectivity index (χ1) is 9.24. The van der Waals surface area contributed by atoms with Crippen LogP contribution in [0.25, 0.3) is 16.9 Å². The molecule has 94 valence electrons. The Labute approximate surface area is 112 Å². The summed E-state index contributed by atoms with van der Waals surface area (Å²) < 4.78 is 1.96. The van der Waals surface area contributed by atoms with Gasteiger partial charge in [-0.1, -0.05) is 17.7 Å². The Morgan fingerprint density at radius 1 is 1.00 bits per heavy atom. The molecule has 2 aromatic heterocycles. The molecule has 2 heterocycles. The van der Waals surface area contributed by atoms with E-state index in [-0.39, 0.29) is 0 Å². The number of nitrogens with zero attached hydrogens (tertiary/aromatic N) is 3. The first-order valence-corrected chi connectivity index (χ1v) is 6.28. The normalized spacial score (nSPS) is 10.6. The number of hydrogen-bond acceptors (Lipinski definition) is 2. The highest BCUT2D eigenvalue weighted by atomic mass is 15.3. The van der Waals surface area contributed by atoms with E-state index in [0.29, 0.717) is 0 Å². The van der Waals surface area contributed by atoms with Crippen molar-refractivity contribution in [1.29, 1.82) is 0 Å². The number of pyridine rings is 1. The van der Waals surface area contributed by atoms with Crippen LogP contribution in [0.2, 0.25) is 0 Å². The molecule has 0 radical (unpaired) electrons. The number of rotatable bonds is 2. The Morgan fingerprint density at radius 3 is 2.47 bits per heavy atom. The van der Waals surface area contributed by atoms with Gasteiger partial charge in [0.1, 0.15) is 0 Å². The van der Waals surface area contributed by atoms with E-state index in [4.69, 9.17) is 0 Å². The van der Waals surface area contributed by atoms with Crippen LogP contribution in [0, 0.1) is 13.8 Å². The molecule has 3 nitrogen and oxygen atoms in total. The molecule has 0 N–H and O–H groups in total. The summed E-state index contributed by atoms with van der Waals surface area (Å²) in [7, 11) is 0. The van der Waals surface area contributed by atoms with Crippen LogP contribution in [-0.2, 0) is 0 Å². The molecular weight excluding hydrogens is 234 g/mol. The van der Waals surface area contributed by atoms with E-state index in [9.17, 15) is 0 Å². The van der Waals surface area contributed by atoms with E-state index in [2.05, 4.69) is 54.3 Å². The Balaban J connectivity index is 2.05. The Kier molecular flexibility index (Phi) is 2.88. The van der Waals surface area contributed by atoms with Crippen molar-refractivity contribution in [2.75, 3.05) is 0 Å². The summed E-state index contributed by atoms with van der Waals surface area (Å²) in [6.07, 6.45) is 3.61. The van der Waals surface area contributed by atoms with Crippen LogP contribution in [0.3, 0.4) is 0 Å². The SMILES string of the molecule is Cc1ccc(-n2nc(-c3cccnc3)cc2C)cc1. The summed E-state index contributed by atoms with van der Waals surface area (Å²) >= 11 is 0. The predicted molar refractivity (Wildman–Crippen MR) is 76.3 cm³/mol. The van der Waals surface area contributed by atoms with Gasteiger partial charge in [0.25, 0.3) is 0 Å². The lowest BCUT2D eigenvalue weighted by molar-refractivity contribution is 0.849. The molecule has 0 bridgehead atoms. The fourth-order valence-corrected chi connectivity index (χ4v) is 2.08. The van der Waals surface area contributed by atoms with Crippen molar-refractivity contribution in [3.63, 3.8) is 0 Å². The topological polar surface area (TPSA) is 30.7 Å². The summed E-state index contributed by atoms with van der Waals surface area (Å²) in [5.41, 5.74) is 5.43. The molecule has 0 aliphatic carbocycles. The Bertz CT molecular complexity index is 682. The van der Waals surface area contributed by atoms with Crippen LogP contribution in [0.5, 0.6) is 0 Å². The van der Waals surface area contributed by atoms with Crippen molar-refractivity contribution in [3.05, 3.63) is 66.1 Å². The largest absolute Gasteiger partial charge is 0.264 e. The van der Waals surface area contributed by atoms with Crippen LogP contribution in [0.15, 0.2) is 54.9 Å². The maximum Gasteiger partial charge on any atom is 0.0945 e. The fraction of sp³-hybridized carbons (Fsp3) is 0.125. The first-order valence-electron chi connectivity index (χ1n) is 6.28. The lowest BCUT2D eigenvalue weighted by Gasteiger charge is -2.04. The van der Waals surface area contributed by atoms with Crippen molar-refractivity contribution < 1.29 is 0 Å². The van der Waals surface area contributed by atoms with Crippen LogP contribution in [0.4, 0.5) is 0 Å². The van der Waals surface area contributed by atoms with Crippen molar-refractivity contribution in [2.45, 2.75) is 13.8 Å². The van der Waals surface area contributed by atoms with E-state index in [1.807, 2.05) is 23.0 Å². The van der Waals surface area contributed by atoms with Gasteiger partial charge in [0.15, 0.2) is 0 Å². The zero-order valence-electron chi connectivity index (χ0n) is 11.0. The lowest BCUT2D eigenvalue weighted by atomic mass is 10.2. The molecule has 19 heavy (non-hydrogen) atoms. The Hall–Kier alpha value is -2.42. The zero-order chi connectivity index (χ0) is 13.2. The smallest absolute Gasteiger partial charge is 0.0945 e. The highest BCUT2D eigenvalue weighted by Gasteiger charge is 2.07. The predicted octanol–water partition coefficient (Wildman–Crippen LogP) is 3.55. The molecule has 0 unspecified atom stereocenters. The molecule has 3 aromatic rings. The van der Waals surface area contributed by atoms with Gasteiger partial charge >= 0.3 is 0 Å². The van der Waals surface area contributed by atoms with Gasteiger partial charge in [-0.15, -0.1) is 0 Å². The van der Waals surface area contributed by atoms with Crippen molar-refractivity contribution in [1.82, 2.24) is 14.8 Å². The summed E-state index contributed by atoms with van der Waals surface area (Å²) in [4.78, 5) is 4.14. The van der Waals surface area contributed by atoms with Gasteiger partial charge in [-0.25, -0.2) is 4.68 Å². The highest BCUT2D eigenvalue weighted by molar-refractivity contribution is 5.58. The van der Waals surface area contributed by atoms with E-state index >= 15 is 0 Å². The maximum absolute atomic E-state index is 4.66. The van der Waals surface area contributed by atoms with Crippen molar-refractivity contribution >= 4 is 0 Å². The van der Waals surface area contributed by atoms with Crippen LogP contribution >= 0.6 is 0 Å². The summed E-state index contributed by atoms with van der Waals surface area (Å²) in [6, 6.07) is 14.4. The molecule has 3 heteroatoms. The fourth-order valence-electron chi connectivity index (χ4n) is 2.08. The van der Waals surface area contributed by atoms with Crippen LogP contribution < -0.4 is 0 Å². The number of aryl methyl sites for hydroxylation is 2. The molecule has 1 aromatic carbocycles.